The van der Waals surface area contributed by atoms with Crippen LogP contribution in [0.2, 0.25) is 0 Å². The average Bonchev–Trinajstić information content (AvgIpc) is 2.84. The van der Waals surface area contributed by atoms with Crippen molar-refractivity contribution in [3.63, 3.8) is 0 Å². The summed E-state index contributed by atoms with van der Waals surface area (Å²) in [6, 6.07) is 1.43. The van der Waals surface area contributed by atoms with Crippen molar-refractivity contribution in [3.05, 3.63) is 29.6 Å². The van der Waals surface area contributed by atoms with Gasteiger partial charge in [0.2, 0.25) is 0 Å². The molecule has 3 N–H and O–H groups in total. The number of anilines is 1. The summed E-state index contributed by atoms with van der Waals surface area (Å²) in [7, 11) is 0. The normalized spacial score (nSPS) is 22.5. The first-order valence-corrected chi connectivity index (χ1v) is 5.82. The van der Waals surface area contributed by atoms with E-state index in [9.17, 15) is 18.0 Å². The molecule has 1 heterocycles. The van der Waals surface area contributed by atoms with Crippen LogP contribution in [0.5, 0.6) is 0 Å². The van der Waals surface area contributed by atoms with Gasteiger partial charge in [0, 0.05) is 24.4 Å². The number of carbonyl (C=O) groups is 1. The lowest BCUT2D eigenvalue weighted by atomic mass is 10.2. The number of nitrogens with one attached hydrogen (secondary N) is 1. The second-order valence-corrected chi connectivity index (χ2v) is 4.30. The minimum atomic E-state index is -1.57. The molecule has 4 nitrogen and oxygen atoms in total. The molecule has 1 aliphatic heterocycles. The van der Waals surface area contributed by atoms with Crippen molar-refractivity contribution in [3.8, 4) is 0 Å². The van der Waals surface area contributed by atoms with Crippen molar-refractivity contribution in [2.75, 3.05) is 11.9 Å². The SMILES string of the molecule is NC[C@H]1CC[C@@H](C(=O)Nc2cc(F)c(F)c(F)c2)O1. The number of rotatable bonds is 3. The fourth-order valence-corrected chi connectivity index (χ4v) is 1.92. The van der Waals surface area contributed by atoms with E-state index in [1.54, 1.807) is 0 Å². The Morgan fingerprint density at radius 2 is 1.95 bits per heavy atom. The van der Waals surface area contributed by atoms with Crippen LogP contribution in [0.15, 0.2) is 12.1 Å². The van der Waals surface area contributed by atoms with Gasteiger partial charge in [0.1, 0.15) is 6.10 Å². The summed E-state index contributed by atoms with van der Waals surface area (Å²) in [6.45, 7) is 0.309. The highest BCUT2D eigenvalue weighted by Gasteiger charge is 2.30. The van der Waals surface area contributed by atoms with Gasteiger partial charge >= 0.3 is 0 Å². The average molecular weight is 274 g/mol. The zero-order valence-electron chi connectivity index (χ0n) is 9.96. The van der Waals surface area contributed by atoms with E-state index in [-0.39, 0.29) is 11.8 Å². The van der Waals surface area contributed by atoms with Gasteiger partial charge in [0.15, 0.2) is 17.5 Å². The third kappa shape index (κ3) is 3.05. The number of halogens is 3. The highest BCUT2D eigenvalue weighted by molar-refractivity contribution is 5.94. The van der Waals surface area contributed by atoms with Gasteiger partial charge in [0.25, 0.3) is 5.91 Å². The highest BCUT2D eigenvalue weighted by atomic mass is 19.2. The molecule has 1 amide bonds. The molecule has 1 aromatic rings. The number of benzene rings is 1. The van der Waals surface area contributed by atoms with Crippen LogP contribution in [-0.2, 0) is 9.53 Å². The molecule has 2 rings (SSSR count). The van der Waals surface area contributed by atoms with Crippen LogP contribution >= 0.6 is 0 Å². The number of hydrogen-bond acceptors (Lipinski definition) is 3. The molecule has 1 fully saturated rings. The zero-order valence-corrected chi connectivity index (χ0v) is 9.96. The van der Waals surface area contributed by atoms with Gasteiger partial charge in [-0.25, -0.2) is 13.2 Å². The quantitative estimate of drug-likeness (QED) is 0.822. The standard InChI is InChI=1S/C12H13F3N2O2/c13-8-3-6(4-9(14)11(8)15)17-12(18)10-2-1-7(5-16)19-10/h3-4,7,10H,1-2,5,16H2,(H,17,18)/t7-,10+/m1/s1. The lowest BCUT2D eigenvalue weighted by molar-refractivity contribution is -0.126. The summed E-state index contributed by atoms with van der Waals surface area (Å²) in [6.07, 6.45) is 0.253. The Labute approximate surface area is 107 Å². The molecule has 0 spiro atoms. The van der Waals surface area contributed by atoms with E-state index in [0.717, 1.165) is 0 Å². The second kappa shape index (κ2) is 5.58. The number of nitrogens with two attached hydrogens (primary N) is 1. The van der Waals surface area contributed by atoms with E-state index in [2.05, 4.69) is 5.32 Å². The minimum absolute atomic E-state index is 0.152. The van der Waals surface area contributed by atoms with E-state index in [1.807, 2.05) is 0 Å². The second-order valence-electron chi connectivity index (χ2n) is 4.30. The molecule has 0 bridgehead atoms. The Bertz CT molecular complexity index is 473. The van der Waals surface area contributed by atoms with Crippen molar-refractivity contribution in [1.29, 1.82) is 0 Å². The Kier molecular flexibility index (Phi) is 4.06. The van der Waals surface area contributed by atoms with Crippen LogP contribution in [-0.4, -0.2) is 24.7 Å². The summed E-state index contributed by atoms with van der Waals surface area (Å²) >= 11 is 0. The fourth-order valence-electron chi connectivity index (χ4n) is 1.92. The molecule has 0 aliphatic carbocycles. The molecule has 2 atom stereocenters. The smallest absolute Gasteiger partial charge is 0.253 e. The first-order valence-electron chi connectivity index (χ1n) is 5.82. The molecule has 1 aliphatic rings. The molecule has 104 valence electrons. The van der Waals surface area contributed by atoms with Crippen LogP contribution in [0, 0.1) is 17.5 Å². The van der Waals surface area contributed by atoms with Crippen LogP contribution < -0.4 is 11.1 Å². The first kappa shape index (κ1) is 13.8. The Morgan fingerprint density at radius 1 is 1.32 bits per heavy atom. The number of hydrogen-bond donors (Lipinski definition) is 2. The monoisotopic (exact) mass is 274 g/mol. The van der Waals surface area contributed by atoms with Crippen molar-refractivity contribution in [2.45, 2.75) is 25.0 Å². The summed E-state index contributed by atoms with van der Waals surface area (Å²) in [5.74, 6) is -4.82. The Hall–Kier alpha value is -1.60. The predicted molar refractivity (Wildman–Crippen MR) is 61.9 cm³/mol. The summed E-state index contributed by atoms with van der Waals surface area (Å²) in [4.78, 5) is 11.8. The molecule has 0 unspecified atom stereocenters. The molecular formula is C12H13F3N2O2. The zero-order chi connectivity index (χ0) is 14.0. The third-order valence-corrected chi connectivity index (χ3v) is 2.91. The largest absolute Gasteiger partial charge is 0.364 e. The Morgan fingerprint density at radius 3 is 2.47 bits per heavy atom. The topological polar surface area (TPSA) is 64.4 Å². The van der Waals surface area contributed by atoms with Gasteiger partial charge in [-0.3, -0.25) is 4.79 Å². The molecule has 1 aromatic carbocycles. The van der Waals surface area contributed by atoms with E-state index in [1.165, 1.54) is 0 Å². The van der Waals surface area contributed by atoms with Crippen LogP contribution in [0.3, 0.4) is 0 Å². The van der Waals surface area contributed by atoms with Crippen LogP contribution in [0.4, 0.5) is 18.9 Å². The van der Waals surface area contributed by atoms with Gasteiger partial charge in [-0.2, -0.15) is 0 Å². The molecule has 7 heteroatoms. The maximum atomic E-state index is 13.0. The summed E-state index contributed by atoms with van der Waals surface area (Å²) < 4.78 is 44.0. The molecule has 0 aromatic heterocycles. The van der Waals surface area contributed by atoms with E-state index in [4.69, 9.17) is 10.5 Å². The summed E-state index contributed by atoms with van der Waals surface area (Å²) in [5, 5.41) is 2.29. The predicted octanol–water partition coefficient (Wildman–Crippen LogP) is 1.55. The summed E-state index contributed by atoms with van der Waals surface area (Å²) in [5.41, 5.74) is 5.26. The highest BCUT2D eigenvalue weighted by Crippen LogP contribution is 2.22. The molecule has 1 saturated heterocycles. The Balaban J connectivity index is 2.03. The lowest BCUT2D eigenvalue weighted by Gasteiger charge is -2.13. The lowest BCUT2D eigenvalue weighted by Crippen LogP contribution is -2.29. The van der Waals surface area contributed by atoms with Gasteiger partial charge in [-0.05, 0) is 12.8 Å². The van der Waals surface area contributed by atoms with Crippen molar-refractivity contribution >= 4 is 11.6 Å². The maximum Gasteiger partial charge on any atom is 0.253 e. The first-order chi connectivity index (χ1) is 9.01. The third-order valence-electron chi connectivity index (χ3n) is 2.91. The van der Waals surface area contributed by atoms with Gasteiger partial charge in [0.05, 0.1) is 6.10 Å². The maximum absolute atomic E-state index is 13.0. The number of ether oxygens (including phenoxy) is 1. The van der Waals surface area contributed by atoms with E-state index < -0.39 is 29.5 Å². The van der Waals surface area contributed by atoms with Crippen LogP contribution in [0.25, 0.3) is 0 Å². The molecular weight excluding hydrogens is 261 g/mol. The fraction of sp³-hybridized carbons (Fsp3) is 0.417. The van der Waals surface area contributed by atoms with Crippen LogP contribution in [0.1, 0.15) is 12.8 Å². The number of amides is 1. The molecule has 0 radical (unpaired) electrons. The van der Waals surface area contributed by atoms with E-state index in [0.29, 0.717) is 31.5 Å². The van der Waals surface area contributed by atoms with Gasteiger partial charge in [-0.1, -0.05) is 0 Å². The number of carbonyl (C=O) groups excluding carboxylic acids is 1. The minimum Gasteiger partial charge on any atom is -0.364 e. The van der Waals surface area contributed by atoms with Crippen molar-refractivity contribution in [1.82, 2.24) is 0 Å². The van der Waals surface area contributed by atoms with Gasteiger partial charge in [-0.15, -0.1) is 0 Å². The van der Waals surface area contributed by atoms with E-state index >= 15 is 0 Å². The van der Waals surface area contributed by atoms with Gasteiger partial charge < -0.3 is 15.8 Å². The van der Waals surface area contributed by atoms with Crippen molar-refractivity contribution in [2.24, 2.45) is 5.73 Å². The molecule has 19 heavy (non-hydrogen) atoms. The molecule has 0 saturated carbocycles. The van der Waals surface area contributed by atoms with Crippen molar-refractivity contribution < 1.29 is 22.7 Å².